The molecule has 0 spiro atoms. The van der Waals surface area contributed by atoms with Gasteiger partial charge < -0.3 is 9.64 Å². The van der Waals surface area contributed by atoms with Crippen molar-refractivity contribution in [2.75, 3.05) is 20.2 Å². The molecule has 18 heavy (non-hydrogen) atoms. The molecule has 98 valence electrons. The molecule has 1 aliphatic heterocycles. The second-order valence-electron chi connectivity index (χ2n) is 4.73. The number of nitrogens with zero attached hydrogens (tertiary/aromatic N) is 1. The summed E-state index contributed by atoms with van der Waals surface area (Å²) in [5.41, 5.74) is 1.88. The number of ether oxygens (including phenoxy) is 1. The number of benzene rings is 1. The van der Waals surface area contributed by atoms with Crippen LogP contribution in [0.5, 0.6) is 5.75 Å². The van der Waals surface area contributed by atoms with E-state index in [1.54, 1.807) is 7.11 Å². The van der Waals surface area contributed by atoms with Crippen LogP contribution in [0.3, 0.4) is 0 Å². The standard InChI is InChI=1S/C15H21NO2/c1-3-12-11-13(7-8-14(12)18-2)15(17)16-9-5-4-6-10-16/h7-8,11H,3-6,9-10H2,1-2H3. The van der Waals surface area contributed by atoms with E-state index in [0.717, 1.165) is 49.2 Å². The molecule has 2 rings (SSSR count). The molecule has 1 fully saturated rings. The summed E-state index contributed by atoms with van der Waals surface area (Å²) in [4.78, 5) is 14.3. The molecule has 1 aromatic carbocycles. The van der Waals surface area contributed by atoms with E-state index in [1.807, 2.05) is 23.1 Å². The number of carbonyl (C=O) groups excluding carboxylic acids is 1. The summed E-state index contributed by atoms with van der Waals surface area (Å²) in [6, 6.07) is 5.74. The van der Waals surface area contributed by atoms with Gasteiger partial charge in [-0.2, -0.15) is 0 Å². The maximum Gasteiger partial charge on any atom is 0.253 e. The lowest BCUT2D eigenvalue weighted by atomic mass is 10.0. The lowest BCUT2D eigenvalue weighted by Gasteiger charge is -2.27. The third-order valence-electron chi connectivity index (χ3n) is 3.55. The van der Waals surface area contributed by atoms with Crippen molar-refractivity contribution in [3.8, 4) is 5.75 Å². The summed E-state index contributed by atoms with van der Waals surface area (Å²) in [6.45, 7) is 3.87. The van der Waals surface area contributed by atoms with E-state index in [2.05, 4.69) is 6.92 Å². The van der Waals surface area contributed by atoms with Crippen molar-refractivity contribution in [1.82, 2.24) is 4.90 Å². The zero-order chi connectivity index (χ0) is 13.0. The van der Waals surface area contributed by atoms with E-state index in [-0.39, 0.29) is 5.91 Å². The van der Waals surface area contributed by atoms with Crippen molar-refractivity contribution in [2.45, 2.75) is 32.6 Å². The topological polar surface area (TPSA) is 29.5 Å². The molecule has 1 saturated heterocycles. The zero-order valence-corrected chi connectivity index (χ0v) is 11.2. The third-order valence-corrected chi connectivity index (χ3v) is 3.55. The highest BCUT2D eigenvalue weighted by molar-refractivity contribution is 5.94. The van der Waals surface area contributed by atoms with Crippen molar-refractivity contribution in [3.63, 3.8) is 0 Å². The molecule has 0 atom stereocenters. The molecular formula is C15H21NO2. The number of methoxy groups -OCH3 is 1. The van der Waals surface area contributed by atoms with Gasteiger partial charge in [-0.3, -0.25) is 4.79 Å². The minimum atomic E-state index is 0.159. The minimum Gasteiger partial charge on any atom is -0.496 e. The summed E-state index contributed by atoms with van der Waals surface area (Å²) in [5, 5.41) is 0. The van der Waals surface area contributed by atoms with Gasteiger partial charge in [0.2, 0.25) is 0 Å². The molecule has 0 bridgehead atoms. The van der Waals surface area contributed by atoms with Crippen LogP contribution in [-0.4, -0.2) is 31.0 Å². The van der Waals surface area contributed by atoms with Gasteiger partial charge in [-0.05, 0) is 49.4 Å². The summed E-state index contributed by atoms with van der Waals surface area (Å²) >= 11 is 0. The molecule has 0 aliphatic carbocycles. The Morgan fingerprint density at radius 2 is 2.00 bits per heavy atom. The molecule has 1 aromatic rings. The van der Waals surface area contributed by atoms with Crippen molar-refractivity contribution < 1.29 is 9.53 Å². The van der Waals surface area contributed by atoms with Crippen molar-refractivity contribution >= 4 is 5.91 Å². The Hall–Kier alpha value is -1.51. The highest BCUT2D eigenvalue weighted by Crippen LogP contribution is 2.22. The monoisotopic (exact) mass is 247 g/mol. The maximum absolute atomic E-state index is 12.4. The molecule has 3 nitrogen and oxygen atoms in total. The Kier molecular flexibility index (Phi) is 4.24. The van der Waals surface area contributed by atoms with Gasteiger partial charge in [0.05, 0.1) is 7.11 Å². The first-order valence-electron chi connectivity index (χ1n) is 6.72. The fraction of sp³-hybridized carbons (Fsp3) is 0.533. The Balaban J connectivity index is 2.19. The number of likely N-dealkylation sites (tertiary alicyclic amines) is 1. The lowest BCUT2D eigenvalue weighted by Crippen LogP contribution is -2.35. The highest BCUT2D eigenvalue weighted by Gasteiger charge is 2.18. The summed E-state index contributed by atoms with van der Waals surface area (Å²) in [7, 11) is 1.67. The van der Waals surface area contributed by atoms with Crippen LogP contribution < -0.4 is 4.74 Å². The third kappa shape index (κ3) is 2.66. The first-order valence-corrected chi connectivity index (χ1v) is 6.72. The largest absolute Gasteiger partial charge is 0.496 e. The molecule has 1 aliphatic rings. The molecule has 0 N–H and O–H groups in total. The van der Waals surface area contributed by atoms with Crippen LogP contribution in [0.4, 0.5) is 0 Å². The summed E-state index contributed by atoms with van der Waals surface area (Å²) in [6.07, 6.45) is 4.38. The van der Waals surface area contributed by atoms with E-state index in [0.29, 0.717) is 0 Å². The molecule has 0 radical (unpaired) electrons. The average molecular weight is 247 g/mol. The van der Waals surface area contributed by atoms with E-state index in [4.69, 9.17) is 4.74 Å². The predicted molar refractivity (Wildman–Crippen MR) is 72.1 cm³/mol. The lowest BCUT2D eigenvalue weighted by molar-refractivity contribution is 0.0724. The molecular weight excluding hydrogens is 226 g/mol. The quantitative estimate of drug-likeness (QED) is 0.822. The zero-order valence-electron chi connectivity index (χ0n) is 11.2. The number of hydrogen-bond acceptors (Lipinski definition) is 2. The van der Waals surface area contributed by atoms with E-state index in [9.17, 15) is 4.79 Å². The maximum atomic E-state index is 12.4. The van der Waals surface area contributed by atoms with E-state index < -0.39 is 0 Å². The van der Waals surface area contributed by atoms with Crippen LogP contribution in [0.1, 0.15) is 42.1 Å². The second-order valence-corrected chi connectivity index (χ2v) is 4.73. The van der Waals surface area contributed by atoms with Crippen LogP contribution in [0, 0.1) is 0 Å². The Morgan fingerprint density at radius 1 is 1.28 bits per heavy atom. The van der Waals surface area contributed by atoms with Gasteiger partial charge in [-0.25, -0.2) is 0 Å². The Labute approximate surface area is 109 Å². The predicted octanol–water partition coefficient (Wildman–Crippen LogP) is 2.88. The fourth-order valence-corrected chi connectivity index (χ4v) is 2.47. The summed E-state index contributed by atoms with van der Waals surface area (Å²) in [5.74, 6) is 1.03. The van der Waals surface area contributed by atoms with Gasteiger partial charge in [0.1, 0.15) is 5.75 Å². The molecule has 0 unspecified atom stereocenters. The molecule has 0 aromatic heterocycles. The fourth-order valence-electron chi connectivity index (χ4n) is 2.47. The minimum absolute atomic E-state index is 0.159. The van der Waals surface area contributed by atoms with Gasteiger partial charge in [0.25, 0.3) is 5.91 Å². The van der Waals surface area contributed by atoms with Crippen LogP contribution in [-0.2, 0) is 6.42 Å². The van der Waals surface area contributed by atoms with Crippen LogP contribution >= 0.6 is 0 Å². The van der Waals surface area contributed by atoms with E-state index >= 15 is 0 Å². The number of rotatable bonds is 3. The number of amides is 1. The number of piperidine rings is 1. The molecule has 3 heteroatoms. The van der Waals surface area contributed by atoms with Crippen LogP contribution in [0.2, 0.25) is 0 Å². The molecule has 1 heterocycles. The smallest absolute Gasteiger partial charge is 0.253 e. The average Bonchev–Trinajstić information content (AvgIpc) is 2.46. The van der Waals surface area contributed by atoms with Crippen molar-refractivity contribution in [3.05, 3.63) is 29.3 Å². The number of hydrogen-bond donors (Lipinski definition) is 0. The van der Waals surface area contributed by atoms with E-state index in [1.165, 1.54) is 6.42 Å². The highest BCUT2D eigenvalue weighted by atomic mass is 16.5. The second kappa shape index (κ2) is 5.89. The molecule has 1 amide bonds. The van der Waals surface area contributed by atoms with Crippen LogP contribution in [0.25, 0.3) is 0 Å². The van der Waals surface area contributed by atoms with Gasteiger partial charge in [-0.1, -0.05) is 6.92 Å². The Bertz CT molecular complexity index is 423. The SMILES string of the molecule is CCc1cc(C(=O)N2CCCCC2)ccc1OC. The van der Waals surface area contributed by atoms with Gasteiger partial charge in [0, 0.05) is 18.7 Å². The summed E-state index contributed by atoms with van der Waals surface area (Å²) < 4.78 is 5.29. The molecule has 0 saturated carbocycles. The first-order chi connectivity index (χ1) is 8.76. The normalized spacial score (nSPS) is 15.6. The van der Waals surface area contributed by atoms with Gasteiger partial charge in [0.15, 0.2) is 0 Å². The number of aryl methyl sites for hydroxylation is 1. The number of carbonyl (C=O) groups is 1. The van der Waals surface area contributed by atoms with Crippen LogP contribution in [0.15, 0.2) is 18.2 Å². The Morgan fingerprint density at radius 3 is 2.61 bits per heavy atom. The van der Waals surface area contributed by atoms with Gasteiger partial charge >= 0.3 is 0 Å². The van der Waals surface area contributed by atoms with Crippen molar-refractivity contribution in [1.29, 1.82) is 0 Å². The first kappa shape index (κ1) is 12.9. The van der Waals surface area contributed by atoms with Gasteiger partial charge in [-0.15, -0.1) is 0 Å². The van der Waals surface area contributed by atoms with Crippen molar-refractivity contribution in [2.24, 2.45) is 0 Å².